The average Bonchev–Trinajstić information content (AvgIpc) is 2.19. The summed E-state index contributed by atoms with van der Waals surface area (Å²) >= 11 is 8.90. The molecular formula is C9H9BrClN3O3. The van der Waals surface area contributed by atoms with Gasteiger partial charge in [-0.15, -0.1) is 0 Å². The first-order valence-electron chi connectivity index (χ1n) is 4.88. The summed E-state index contributed by atoms with van der Waals surface area (Å²) in [7, 11) is 0. The number of ether oxygens (including phenoxy) is 1. The van der Waals surface area contributed by atoms with Gasteiger partial charge in [0.2, 0.25) is 11.2 Å². The van der Waals surface area contributed by atoms with Crippen LogP contribution in [0.25, 0.3) is 0 Å². The van der Waals surface area contributed by atoms with Crippen molar-refractivity contribution in [2.45, 2.75) is 25.0 Å². The molecule has 1 aliphatic rings. The van der Waals surface area contributed by atoms with Crippen molar-refractivity contribution in [2.75, 3.05) is 0 Å². The van der Waals surface area contributed by atoms with E-state index in [-0.39, 0.29) is 17.4 Å². The molecule has 1 aliphatic carbocycles. The molecule has 1 heterocycles. The van der Waals surface area contributed by atoms with E-state index in [9.17, 15) is 4.79 Å². The zero-order chi connectivity index (χ0) is 12.4. The average molecular weight is 323 g/mol. The van der Waals surface area contributed by atoms with E-state index in [1.54, 1.807) is 0 Å². The second kappa shape index (κ2) is 5.05. The number of rotatable bonds is 3. The highest BCUT2D eigenvalue weighted by atomic mass is 79.9. The first-order valence-corrected chi connectivity index (χ1v) is 6.06. The maximum Gasteiger partial charge on any atom is 0.404 e. The van der Waals surface area contributed by atoms with E-state index in [0.717, 1.165) is 0 Å². The number of carbonyl (C=O) groups is 1. The maximum absolute atomic E-state index is 10.4. The van der Waals surface area contributed by atoms with Crippen molar-refractivity contribution in [2.24, 2.45) is 0 Å². The third-order valence-electron chi connectivity index (χ3n) is 2.38. The van der Waals surface area contributed by atoms with E-state index in [1.807, 2.05) is 0 Å². The molecule has 0 bridgehead atoms. The van der Waals surface area contributed by atoms with Gasteiger partial charge in [0.1, 0.15) is 6.10 Å². The molecule has 17 heavy (non-hydrogen) atoms. The summed E-state index contributed by atoms with van der Waals surface area (Å²) < 4.78 is 6.18. The molecule has 0 unspecified atom stereocenters. The van der Waals surface area contributed by atoms with Gasteiger partial charge in [-0.3, -0.25) is 0 Å². The van der Waals surface area contributed by atoms with Gasteiger partial charge in [0.05, 0.1) is 4.47 Å². The number of aromatic nitrogens is 2. The standard InChI is InChI=1S/C9H9BrClN3O3/c10-6-3-12-8(11)14-7(6)17-5-1-4(2-5)13-9(15)16/h3-5,13H,1-2H2,(H,15,16). The van der Waals surface area contributed by atoms with Crippen LogP contribution in [-0.4, -0.2) is 33.3 Å². The molecule has 92 valence electrons. The van der Waals surface area contributed by atoms with Crippen LogP contribution in [0.2, 0.25) is 5.28 Å². The minimum atomic E-state index is -1.01. The van der Waals surface area contributed by atoms with Crippen molar-refractivity contribution in [1.29, 1.82) is 0 Å². The second-order valence-corrected chi connectivity index (χ2v) is 4.84. The van der Waals surface area contributed by atoms with E-state index in [0.29, 0.717) is 23.2 Å². The third-order valence-corrected chi connectivity index (χ3v) is 3.11. The molecule has 0 spiro atoms. The smallest absolute Gasteiger partial charge is 0.404 e. The zero-order valence-electron chi connectivity index (χ0n) is 8.56. The van der Waals surface area contributed by atoms with Crippen LogP contribution in [0.3, 0.4) is 0 Å². The largest absolute Gasteiger partial charge is 0.473 e. The van der Waals surface area contributed by atoms with Gasteiger partial charge in [-0.2, -0.15) is 4.98 Å². The number of hydrogen-bond acceptors (Lipinski definition) is 4. The number of nitrogens with zero attached hydrogens (tertiary/aromatic N) is 2. The van der Waals surface area contributed by atoms with Crippen LogP contribution in [0.1, 0.15) is 12.8 Å². The van der Waals surface area contributed by atoms with Gasteiger partial charge >= 0.3 is 6.09 Å². The molecule has 0 aromatic carbocycles. The summed E-state index contributed by atoms with van der Waals surface area (Å²) in [5.41, 5.74) is 0. The van der Waals surface area contributed by atoms with Crippen LogP contribution in [-0.2, 0) is 0 Å². The first-order chi connectivity index (χ1) is 8.04. The van der Waals surface area contributed by atoms with Crippen LogP contribution >= 0.6 is 27.5 Å². The zero-order valence-corrected chi connectivity index (χ0v) is 10.9. The van der Waals surface area contributed by atoms with E-state index in [1.165, 1.54) is 6.20 Å². The predicted molar refractivity (Wildman–Crippen MR) is 63.3 cm³/mol. The summed E-state index contributed by atoms with van der Waals surface area (Å²) in [5.74, 6) is 0.378. The van der Waals surface area contributed by atoms with E-state index in [4.69, 9.17) is 21.4 Å². The molecule has 0 radical (unpaired) electrons. The van der Waals surface area contributed by atoms with Crippen LogP contribution in [0.5, 0.6) is 5.88 Å². The molecule has 2 rings (SSSR count). The van der Waals surface area contributed by atoms with Crippen LogP contribution in [0.15, 0.2) is 10.7 Å². The highest BCUT2D eigenvalue weighted by Gasteiger charge is 2.32. The topological polar surface area (TPSA) is 84.3 Å². The van der Waals surface area contributed by atoms with Gasteiger partial charge in [-0.25, -0.2) is 9.78 Å². The van der Waals surface area contributed by atoms with Gasteiger partial charge < -0.3 is 15.2 Å². The molecule has 1 fully saturated rings. The van der Waals surface area contributed by atoms with Crippen molar-refractivity contribution in [3.8, 4) is 5.88 Å². The third kappa shape index (κ3) is 3.19. The number of amides is 1. The van der Waals surface area contributed by atoms with Crippen molar-refractivity contribution in [3.63, 3.8) is 0 Å². The molecule has 0 saturated heterocycles. The van der Waals surface area contributed by atoms with Crippen LogP contribution < -0.4 is 10.1 Å². The molecule has 1 amide bonds. The Morgan fingerprint density at radius 1 is 1.65 bits per heavy atom. The molecule has 2 N–H and O–H groups in total. The highest BCUT2D eigenvalue weighted by Crippen LogP contribution is 2.29. The summed E-state index contributed by atoms with van der Waals surface area (Å²) in [5, 5.41) is 11.0. The molecule has 1 aromatic heterocycles. The monoisotopic (exact) mass is 321 g/mol. The maximum atomic E-state index is 10.4. The Labute approximate surface area is 110 Å². The SMILES string of the molecule is O=C(O)NC1CC(Oc2nc(Cl)ncc2Br)C1. The van der Waals surface area contributed by atoms with Gasteiger partial charge in [0, 0.05) is 25.1 Å². The van der Waals surface area contributed by atoms with Gasteiger partial charge in [0.15, 0.2) is 0 Å². The quantitative estimate of drug-likeness (QED) is 0.832. The van der Waals surface area contributed by atoms with E-state index < -0.39 is 6.09 Å². The minimum Gasteiger partial charge on any atom is -0.473 e. The normalized spacial score (nSPS) is 22.7. The van der Waals surface area contributed by atoms with Crippen molar-refractivity contribution < 1.29 is 14.6 Å². The lowest BCUT2D eigenvalue weighted by Crippen LogP contribution is -2.48. The highest BCUT2D eigenvalue weighted by molar-refractivity contribution is 9.10. The predicted octanol–water partition coefficient (Wildman–Crippen LogP) is 2.07. The van der Waals surface area contributed by atoms with Gasteiger partial charge in [-0.1, -0.05) is 0 Å². The van der Waals surface area contributed by atoms with Gasteiger partial charge in [-0.05, 0) is 27.5 Å². The molecule has 6 nitrogen and oxygen atoms in total. The van der Waals surface area contributed by atoms with Crippen molar-refractivity contribution in [3.05, 3.63) is 16.0 Å². The number of halogens is 2. The molecule has 0 atom stereocenters. The molecular weight excluding hydrogens is 313 g/mol. The minimum absolute atomic E-state index is 0.0471. The van der Waals surface area contributed by atoms with Crippen LogP contribution in [0.4, 0.5) is 4.79 Å². The summed E-state index contributed by atoms with van der Waals surface area (Å²) in [6.07, 6.45) is 1.70. The number of nitrogens with one attached hydrogen (secondary N) is 1. The van der Waals surface area contributed by atoms with E-state index in [2.05, 4.69) is 31.2 Å². The Hall–Kier alpha value is -1.08. The Morgan fingerprint density at radius 3 is 3.00 bits per heavy atom. The fourth-order valence-corrected chi connectivity index (χ4v) is 1.94. The Bertz CT molecular complexity index is 439. The number of carboxylic acid groups (broad SMARTS) is 1. The van der Waals surface area contributed by atoms with Gasteiger partial charge in [0.25, 0.3) is 0 Å². The molecule has 8 heteroatoms. The summed E-state index contributed by atoms with van der Waals surface area (Å²) in [6, 6.07) is -0.0476. The summed E-state index contributed by atoms with van der Waals surface area (Å²) in [4.78, 5) is 18.1. The molecule has 0 aliphatic heterocycles. The lowest BCUT2D eigenvalue weighted by molar-refractivity contribution is 0.0784. The number of hydrogen-bond donors (Lipinski definition) is 2. The molecule has 1 saturated carbocycles. The van der Waals surface area contributed by atoms with Crippen molar-refractivity contribution >= 4 is 33.6 Å². The lowest BCUT2D eigenvalue weighted by Gasteiger charge is -2.34. The Balaban J connectivity index is 1.87. The fourth-order valence-electron chi connectivity index (χ4n) is 1.53. The Morgan fingerprint density at radius 2 is 2.35 bits per heavy atom. The molecule has 1 aromatic rings. The lowest BCUT2D eigenvalue weighted by atomic mass is 9.89. The summed E-state index contributed by atoms with van der Waals surface area (Å²) in [6.45, 7) is 0. The fraction of sp³-hybridized carbons (Fsp3) is 0.444. The van der Waals surface area contributed by atoms with E-state index >= 15 is 0 Å². The van der Waals surface area contributed by atoms with Crippen molar-refractivity contribution in [1.82, 2.24) is 15.3 Å². The first kappa shape index (κ1) is 12.4. The second-order valence-electron chi connectivity index (χ2n) is 3.65. The Kier molecular flexibility index (Phi) is 3.68. The van der Waals surface area contributed by atoms with Crippen LogP contribution in [0, 0.1) is 0 Å².